The van der Waals surface area contributed by atoms with E-state index in [2.05, 4.69) is 0 Å². The predicted octanol–water partition coefficient (Wildman–Crippen LogP) is 3.59. The van der Waals surface area contributed by atoms with E-state index in [9.17, 15) is 4.39 Å². The Morgan fingerprint density at radius 3 is 2.53 bits per heavy atom. The molecule has 1 aromatic rings. The molecule has 17 heavy (non-hydrogen) atoms. The van der Waals surface area contributed by atoms with E-state index in [1.807, 2.05) is 12.1 Å². The fourth-order valence-corrected chi connectivity index (χ4v) is 3.54. The second kappa shape index (κ2) is 4.09. The molecule has 2 unspecified atom stereocenters. The van der Waals surface area contributed by atoms with E-state index in [4.69, 9.17) is 5.73 Å². The molecule has 2 saturated carbocycles. The molecule has 2 atom stereocenters. The highest BCUT2D eigenvalue weighted by Gasteiger charge is 2.56. The van der Waals surface area contributed by atoms with Crippen molar-refractivity contribution in [3.63, 3.8) is 0 Å². The molecule has 2 aliphatic rings. The van der Waals surface area contributed by atoms with Crippen molar-refractivity contribution in [3.05, 3.63) is 35.6 Å². The van der Waals surface area contributed by atoms with Gasteiger partial charge < -0.3 is 5.73 Å². The Bertz CT molecular complexity index is 411. The minimum Gasteiger partial charge on any atom is -0.324 e. The number of hydrogen-bond donors (Lipinski definition) is 1. The Kier molecular flexibility index (Phi) is 2.70. The highest BCUT2D eigenvalue weighted by atomic mass is 19.1. The lowest BCUT2D eigenvalue weighted by Gasteiger charge is -2.28. The summed E-state index contributed by atoms with van der Waals surface area (Å²) in [5.74, 6) is 0.785. The van der Waals surface area contributed by atoms with Crippen molar-refractivity contribution in [2.24, 2.45) is 11.7 Å². The summed E-state index contributed by atoms with van der Waals surface area (Å²) in [7, 11) is 0. The van der Waals surface area contributed by atoms with Crippen LogP contribution >= 0.6 is 0 Å². The molecule has 92 valence electrons. The molecule has 0 heterocycles. The van der Waals surface area contributed by atoms with Gasteiger partial charge in [0.05, 0.1) is 0 Å². The molecule has 2 aliphatic carbocycles. The van der Waals surface area contributed by atoms with Gasteiger partial charge in [0.15, 0.2) is 0 Å². The Hall–Kier alpha value is -0.890. The summed E-state index contributed by atoms with van der Waals surface area (Å²) in [6, 6.07) is 7.12. The SMILES string of the molecule is NC1(C2CCCCC2)CC1c1ccccc1F. The molecule has 0 aromatic heterocycles. The summed E-state index contributed by atoms with van der Waals surface area (Å²) in [4.78, 5) is 0. The van der Waals surface area contributed by atoms with Crippen molar-refractivity contribution in [2.75, 3.05) is 0 Å². The molecule has 0 spiro atoms. The van der Waals surface area contributed by atoms with Gasteiger partial charge in [-0.15, -0.1) is 0 Å². The van der Waals surface area contributed by atoms with Crippen molar-refractivity contribution in [1.82, 2.24) is 0 Å². The molecular weight excluding hydrogens is 213 g/mol. The Balaban J connectivity index is 1.78. The minimum atomic E-state index is -0.109. The van der Waals surface area contributed by atoms with Gasteiger partial charge in [0.25, 0.3) is 0 Å². The van der Waals surface area contributed by atoms with Gasteiger partial charge in [0.2, 0.25) is 0 Å². The maximum Gasteiger partial charge on any atom is 0.126 e. The fraction of sp³-hybridized carbons (Fsp3) is 0.600. The maximum absolute atomic E-state index is 13.7. The van der Waals surface area contributed by atoms with E-state index in [1.54, 1.807) is 12.1 Å². The van der Waals surface area contributed by atoms with Crippen molar-refractivity contribution in [2.45, 2.75) is 50.0 Å². The van der Waals surface area contributed by atoms with E-state index < -0.39 is 0 Å². The van der Waals surface area contributed by atoms with Crippen LogP contribution in [0.1, 0.15) is 50.0 Å². The Morgan fingerprint density at radius 2 is 1.82 bits per heavy atom. The van der Waals surface area contributed by atoms with Gasteiger partial charge in [0.1, 0.15) is 5.82 Å². The molecule has 2 heteroatoms. The normalized spacial score (nSPS) is 33.6. The lowest BCUT2D eigenvalue weighted by atomic mass is 9.81. The van der Waals surface area contributed by atoms with Crippen LogP contribution in [0.2, 0.25) is 0 Å². The molecule has 0 saturated heterocycles. The number of benzene rings is 1. The summed E-state index contributed by atoms with van der Waals surface area (Å²) < 4.78 is 13.7. The highest BCUT2D eigenvalue weighted by molar-refractivity contribution is 5.35. The van der Waals surface area contributed by atoms with Crippen LogP contribution < -0.4 is 5.73 Å². The fourth-order valence-electron chi connectivity index (χ4n) is 3.54. The summed E-state index contributed by atoms with van der Waals surface area (Å²) >= 11 is 0. The lowest BCUT2D eigenvalue weighted by molar-refractivity contribution is 0.285. The van der Waals surface area contributed by atoms with E-state index in [-0.39, 0.29) is 17.3 Å². The summed E-state index contributed by atoms with van der Waals surface area (Å²) in [5, 5.41) is 0. The Morgan fingerprint density at radius 1 is 1.12 bits per heavy atom. The third kappa shape index (κ3) is 1.89. The van der Waals surface area contributed by atoms with Crippen molar-refractivity contribution in [3.8, 4) is 0 Å². The smallest absolute Gasteiger partial charge is 0.126 e. The quantitative estimate of drug-likeness (QED) is 0.830. The molecule has 0 radical (unpaired) electrons. The maximum atomic E-state index is 13.7. The van der Waals surface area contributed by atoms with Crippen LogP contribution in [0.15, 0.2) is 24.3 Å². The molecule has 0 aliphatic heterocycles. The molecular formula is C15H20FN. The van der Waals surface area contributed by atoms with E-state index >= 15 is 0 Å². The molecule has 0 bridgehead atoms. The minimum absolute atomic E-state index is 0.0827. The third-order valence-electron chi connectivity index (χ3n) is 4.69. The van der Waals surface area contributed by atoms with E-state index in [0.29, 0.717) is 5.92 Å². The number of hydrogen-bond acceptors (Lipinski definition) is 1. The molecule has 0 amide bonds. The van der Waals surface area contributed by atoms with Gasteiger partial charge in [-0.1, -0.05) is 37.5 Å². The van der Waals surface area contributed by atoms with Crippen LogP contribution in [0.4, 0.5) is 4.39 Å². The zero-order valence-electron chi connectivity index (χ0n) is 10.2. The highest BCUT2D eigenvalue weighted by Crippen LogP contribution is 2.57. The van der Waals surface area contributed by atoms with Gasteiger partial charge in [-0.25, -0.2) is 4.39 Å². The van der Waals surface area contributed by atoms with Crippen LogP contribution in [0.25, 0.3) is 0 Å². The largest absolute Gasteiger partial charge is 0.324 e. The average molecular weight is 233 g/mol. The van der Waals surface area contributed by atoms with Crippen LogP contribution in [0.5, 0.6) is 0 Å². The first-order valence-corrected chi connectivity index (χ1v) is 6.75. The second-order valence-electron chi connectivity index (χ2n) is 5.73. The summed E-state index contributed by atoms with van der Waals surface area (Å²) in [6.07, 6.45) is 7.39. The summed E-state index contributed by atoms with van der Waals surface area (Å²) in [6.45, 7) is 0. The van der Waals surface area contributed by atoms with E-state index in [1.165, 1.54) is 32.1 Å². The third-order valence-corrected chi connectivity index (χ3v) is 4.69. The Labute approximate surface area is 102 Å². The molecule has 2 fully saturated rings. The van der Waals surface area contributed by atoms with Crippen molar-refractivity contribution in [1.29, 1.82) is 0 Å². The standard InChI is InChI=1S/C15H20FN/c16-14-9-5-4-8-12(14)13-10-15(13,17)11-6-2-1-3-7-11/h4-5,8-9,11,13H,1-3,6-7,10,17H2. The zero-order valence-corrected chi connectivity index (χ0v) is 10.2. The van der Waals surface area contributed by atoms with Gasteiger partial charge in [0, 0.05) is 11.5 Å². The first-order chi connectivity index (χ1) is 8.22. The molecule has 2 N–H and O–H groups in total. The first-order valence-electron chi connectivity index (χ1n) is 6.75. The predicted molar refractivity (Wildman–Crippen MR) is 67.3 cm³/mol. The number of halogens is 1. The van der Waals surface area contributed by atoms with E-state index in [0.717, 1.165) is 12.0 Å². The van der Waals surface area contributed by atoms with Crippen LogP contribution in [0, 0.1) is 11.7 Å². The first kappa shape index (κ1) is 11.2. The van der Waals surface area contributed by atoms with Crippen LogP contribution in [-0.2, 0) is 0 Å². The molecule has 1 nitrogen and oxygen atoms in total. The van der Waals surface area contributed by atoms with Gasteiger partial charge >= 0.3 is 0 Å². The van der Waals surface area contributed by atoms with Crippen molar-refractivity contribution < 1.29 is 4.39 Å². The van der Waals surface area contributed by atoms with Gasteiger partial charge in [-0.2, -0.15) is 0 Å². The number of nitrogens with two attached hydrogens (primary N) is 1. The monoisotopic (exact) mass is 233 g/mol. The van der Waals surface area contributed by atoms with Crippen molar-refractivity contribution >= 4 is 0 Å². The van der Waals surface area contributed by atoms with Crippen LogP contribution in [0.3, 0.4) is 0 Å². The summed E-state index contributed by atoms with van der Waals surface area (Å²) in [5.41, 5.74) is 7.23. The van der Waals surface area contributed by atoms with Gasteiger partial charge in [-0.3, -0.25) is 0 Å². The lowest BCUT2D eigenvalue weighted by Crippen LogP contribution is -2.35. The topological polar surface area (TPSA) is 26.0 Å². The van der Waals surface area contributed by atoms with Gasteiger partial charge in [-0.05, 0) is 36.8 Å². The number of rotatable bonds is 2. The zero-order chi connectivity index (χ0) is 11.9. The second-order valence-corrected chi connectivity index (χ2v) is 5.73. The van der Waals surface area contributed by atoms with Crippen LogP contribution in [-0.4, -0.2) is 5.54 Å². The molecule has 3 rings (SSSR count). The average Bonchev–Trinajstić information content (AvgIpc) is 3.05. The molecule has 1 aromatic carbocycles.